The average molecular weight is 272 g/mol. The molecule has 1 aromatic carbocycles. The third kappa shape index (κ3) is 4.87. The molecule has 0 bridgehead atoms. The fourth-order valence-electron chi connectivity index (χ4n) is 2.03. The van der Waals surface area contributed by atoms with Gasteiger partial charge in [0.25, 0.3) is 0 Å². The van der Waals surface area contributed by atoms with Crippen LogP contribution in [-0.4, -0.2) is 29.6 Å². The summed E-state index contributed by atoms with van der Waals surface area (Å²) in [6, 6.07) is 7.97. The van der Waals surface area contributed by atoms with E-state index >= 15 is 0 Å². The molecule has 2 aromatic rings. The first-order valence-corrected chi connectivity index (χ1v) is 7.38. The number of hydrogen-bond donors (Lipinski definition) is 2. The molecule has 0 aliphatic carbocycles. The minimum absolute atomic E-state index is 0.718. The van der Waals surface area contributed by atoms with E-state index in [0.29, 0.717) is 0 Å². The van der Waals surface area contributed by atoms with Gasteiger partial charge < -0.3 is 10.6 Å². The van der Waals surface area contributed by atoms with Crippen molar-refractivity contribution >= 4 is 11.0 Å². The molecule has 0 atom stereocenters. The second-order valence-electron chi connectivity index (χ2n) is 5.48. The molecule has 4 nitrogen and oxygen atoms in total. The lowest BCUT2D eigenvalue weighted by Gasteiger charge is -2.08. The number of benzene rings is 1. The van der Waals surface area contributed by atoms with E-state index < -0.39 is 0 Å². The van der Waals surface area contributed by atoms with E-state index in [2.05, 4.69) is 34.4 Å². The summed E-state index contributed by atoms with van der Waals surface area (Å²) in [7, 11) is 0. The molecule has 2 rings (SSSR count). The van der Waals surface area contributed by atoms with Crippen LogP contribution in [0.2, 0.25) is 0 Å². The lowest BCUT2D eigenvalue weighted by Crippen LogP contribution is -2.24. The smallest absolute Gasteiger partial charge is 0.0890 e. The Morgan fingerprint density at radius 2 is 1.80 bits per heavy atom. The lowest BCUT2D eigenvalue weighted by atomic mass is 10.2. The van der Waals surface area contributed by atoms with Crippen molar-refractivity contribution in [2.24, 2.45) is 5.92 Å². The van der Waals surface area contributed by atoms with E-state index in [9.17, 15) is 0 Å². The number of aromatic nitrogens is 2. The van der Waals surface area contributed by atoms with Crippen molar-refractivity contribution in [1.82, 2.24) is 20.6 Å². The maximum absolute atomic E-state index is 4.59. The number of fused-ring (bicyclic) bond motifs is 1. The van der Waals surface area contributed by atoms with Gasteiger partial charge in [-0.3, -0.25) is 4.98 Å². The molecule has 0 saturated carbocycles. The molecule has 0 aliphatic rings. The normalized spacial score (nSPS) is 11.3. The maximum Gasteiger partial charge on any atom is 0.0890 e. The van der Waals surface area contributed by atoms with Crippen LogP contribution in [-0.2, 0) is 6.54 Å². The molecule has 0 fully saturated rings. The van der Waals surface area contributed by atoms with E-state index in [4.69, 9.17) is 0 Å². The van der Waals surface area contributed by atoms with Crippen LogP contribution < -0.4 is 10.6 Å². The Labute approximate surface area is 121 Å². The number of para-hydroxylation sites is 2. The lowest BCUT2D eigenvalue weighted by molar-refractivity contribution is 0.529. The van der Waals surface area contributed by atoms with Gasteiger partial charge in [-0.2, -0.15) is 0 Å². The highest BCUT2D eigenvalue weighted by Gasteiger charge is 1.99. The molecule has 0 amide bonds. The standard InChI is InChI=1S/C16H24N4/c1-13(2)10-17-8-5-9-18-11-14-12-19-15-6-3-4-7-16(15)20-14/h3-4,6-7,12-13,17-18H,5,8-11H2,1-2H3. The van der Waals surface area contributed by atoms with Crippen molar-refractivity contribution < 1.29 is 0 Å². The van der Waals surface area contributed by atoms with Crippen LogP contribution in [0.1, 0.15) is 26.0 Å². The zero-order valence-electron chi connectivity index (χ0n) is 12.4. The van der Waals surface area contributed by atoms with Gasteiger partial charge in [0.05, 0.1) is 22.9 Å². The highest BCUT2D eigenvalue weighted by molar-refractivity contribution is 5.73. The van der Waals surface area contributed by atoms with Gasteiger partial charge in [-0.25, -0.2) is 4.98 Å². The Hall–Kier alpha value is -1.52. The summed E-state index contributed by atoms with van der Waals surface area (Å²) in [5.41, 5.74) is 2.92. The van der Waals surface area contributed by atoms with E-state index in [-0.39, 0.29) is 0 Å². The second kappa shape index (κ2) is 7.92. The molecule has 0 saturated heterocycles. The molecule has 0 radical (unpaired) electrons. The van der Waals surface area contributed by atoms with Crippen LogP contribution in [0.4, 0.5) is 0 Å². The summed E-state index contributed by atoms with van der Waals surface area (Å²) in [5.74, 6) is 0.718. The molecule has 2 N–H and O–H groups in total. The summed E-state index contributed by atoms with van der Waals surface area (Å²) in [6.07, 6.45) is 2.99. The number of hydrogen-bond acceptors (Lipinski definition) is 4. The first kappa shape index (κ1) is 14.9. The molecule has 0 unspecified atom stereocenters. The Kier molecular flexibility index (Phi) is 5.89. The molecule has 0 spiro atoms. The van der Waals surface area contributed by atoms with E-state index in [0.717, 1.165) is 55.2 Å². The summed E-state index contributed by atoms with van der Waals surface area (Å²) in [5, 5.41) is 6.85. The summed E-state index contributed by atoms with van der Waals surface area (Å²) in [6.45, 7) is 8.39. The molecule has 4 heteroatoms. The average Bonchev–Trinajstić information content (AvgIpc) is 2.46. The van der Waals surface area contributed by atoms with E-state index in [1.807, 2.05) is 30.5 Å². The molecular weight excluding hydrogens is 248 g/mol. The molecule has 1 heterocycles. The molecular formula is C16H24N4. The maximum atomic E-state index is 4.59. The summed E-state index contributed by atoms with van der Waals surface area (Å²) in [4.78, 5) is 9.01. The third-order valence-corrected chi connectivity index (χ3v) is 3.06. The first-order chi connectivity index (χ1) is 9.75. The van der Waals surface area contributed by atoms with Crippen LogP contribution >= 0.6 is 0 Å². The number of nitrogens with one attached hydrogen (secondary N) is 2. The van der Waals surface area contributed by atoms with Crippen LogP contribution in [0.3, 0.4) is 0 Å². The summed E-state index contributed by atoms with van der Waals surface area (Å²) >= 11 is 0. The Morgan fingerprint density at radius 1 is 1.05 bits per heavy atom. The van der Waals surface area contributed by atoms with Gasteiger partial charge in [0, 0.05) is 6.54 Å². The Morgan fingerprint density at radius 3 is 2.60 bits per heavy atom. The monoisotopic (exact) mass is 272 g/mol. The van der Waals surface area contributed by atoms with E-state index in [1.165, 1.54) is 0 Å². The van der Waals surface area contributed by atoms with Gasteiger partial charge in [0.1, 0.15) is 0 Å². The van der Waals surface area contributed by atoms with Crippen molar-refractivity contribution in [2.45, 2.75) is 26.8 Å². The van der Waals surface area contributed by atoms with Crippen molar-refractivity contribution in [3.63, 3.8) is 0 Å². The van der Waals surface area contributed by atoms with Gasteiger partial charge in [0.2, 0.25) is 0 Å². The fraction of sp³-hybridized carbons (Fsp3) is 0.500. The SMILES string of the molecule is CC(C)CNCCCNCc1cnc2ccccc2n1. The molecule has 0 aliphatic heterocycles. The predicted molar refractivity (Wildman–Crippen MR) is 83.6 cm³/mol. The van der Waals surface area contributed by atoms with E-state index in [1.54, 1.807) is 0 Å². The van der Waals surface area contributed by atoms with Gasteiger partial charge in [-0.1, -0.05) is 26.0 Å². The van der Waals surface area contributed by atoms with Crippen LogP contribution in [0, 0.1) is 5.92 Å². The van der Waals surface area contributed by atoms with Crippen LogP contribution in [0.15, 0.2) is 30.5 Å². The molecule has 108 valence electrons. The van der Waals surface area contributed by atoms with Crippen LogP contribution in [0.25, 0.3) is 11.0 Å². The van der Waals surface area contributed by atoms with Crippen molar-refractivity contribution in [1.29, 1.82) is 0 Å². The highest BCUT2D eigenvalue weighted by Crippen LogP contribution is 2.08. The van der Waals surface area contributed by atoms with Gasteiger partial charge in [-0.05, 0) is 44.1 Å². The zero-order valence-corrected chi connectivity index (χ0v) is 12.4. The minimum atomic E-state index is 0.718. The fourth-order valence-corrected chi connectivity index (χ4v) is 2.03. The Bertz CT molecular complexity index is 525. The highest BCUT2D eigenvalue weighted by atomic mass is 14.9. The van der Waals surface area contributed by atoms with Crippen molar-refractivity contribution in [2.75, 3.05) is 19.6 Å². The van der Waals surface area contributed by atoms with Crippen molar-refractivity contribution in [3.8, 4) is 0 Å². The largest absolute Gasteiger partial charge is 0.316 e. The predicted octanol–water partition coefficient (Wildman–Crippen LogP) is 2.36. The van der Waals surface area contributed by atoms with Crippen molar-refractivity contribution in [3.05, 3.63) is 36.2 Å². The Balaban J connectivity index is 1.68. The quantitative estimate of drug-likeness (QED) is 0.724. The number of rotatable bonds is 8. The minimum Gasteiger partial charge on any atom is -0.316 e. The topological polar surface area (TPSA) is 49.8 Å². The van der Waals surface area contributed by atoms with Crippen LogP contribution in [0.5, 0.6) is 0 Å². The number of nitrogens with zero attached hydrogens (tertiary/aromatic N) is 2. The first-order valence-electron chi connectivity index (χ1n) is 7.38. The zero-order chi connectivity index (χ0) is 14.2. The third-order valence-electron chi connectivity index (χ3n) is 3.06. The van der Waals surface area contributed by atoms with Gasteiger partial charge >= 0.3 is 0 Å². The van der Waals surface area contributed by atoms with Gasteiger partial charge in [-0.15, -0.1) is 0 Å². The summed E-state index contributed by atoms with van der Waals surface area (Å²) < 4.78 is 0. The second-order valence-corrected chi connectivity index (χ2v) is 5.48. The molecule has 20 heavy (non-hydrogen) atoms. The van der Waals surface area contributed by atoms with Gasteiger partial charge in [0.15, 0.2) is 0 Å². The molecule has 1 aromatic heterocycles.